The molecule has 2 rings (SSSR count). The van der Waals surface area contributed by atoms with Gasteiger partial charge in [-0.25, -0.2) is 0 Å². The summed E-state index contributed by atoms with van der Waals surface area (Å²) in [4.78, 5) is 23.1. The molecule has 0 aliphatic heterocycles. The lowest BCUT2D eigenvalue weighted by Crippen LogP contribution is -2.34. The third kappa shape index (κ3) is 4.08. The van der Waals surface area contributed by atoms with Crippen molar-refractivity contribution >= 4 is 11.9 Å². The quantitative estimate of drug-likeness (QED) is 0.833. The number of hydrogen-bond donors (Lipinski definition) is 1. The van der Waals surface area contributed by atoms with Crippen LogP contribution in [0.15, 0.2) is 18.2 Å². The Labute approximate surface area is 119 Å². The monoisotopic (exact) mass is 275 g/mol. The molecule has 1 aromatic rings. The summed E-state index contributed by atoms with van der Waals surface area (Å²) in [5.41, 5.74) is 3.69. The zero-order valence-electron chi connectivity index (χ0n) is 12.1. The fraction of sp³-hybridized carbons (Fsp3) is 0.500. The number of benzene rings is 1. The maximum Gasteiger partial charge on any atom is 0.310 e. The molecule has 0 saturated heterocycles. The fourth-order valence-corrected chi connectivity index (χ4v) is 2.46. The second-order valence-electron chi connectivity index (χ2n) is 5.52. The molecule has 20 heavy (non-hydrogen) atoms. The van der Waals surface area contributed by atoms with Crippen LogP contribution in [0.3, 0.4) is 0 Å². The highest BCUT2D eigenvalue weighted by molar-refractivity contribution is 5.81. The van der Waals surface area contributed by atoms with Gasteiger partial charge in [0.05, 0.1) is 6.42 Å². The van der Waals surface area contributed by atoms with E-state index in [0.29, 0.717) is 0 Å². The highest BCUT2D eigenvalue weighted by atomic mass is 16.5. The zero-order chi connectivity index (χ0) is 14.5. The highest BCUT2D eigenvalue weighted by Gasteiger charge is 2.13. The Morgan fingerprint density at radius 2 is 2.00 bits per heavy atom. The fourth-order valence-electron chi connectivity index (χ4n) is 2.46. The van der Waals surface area contributed by atoms with E-state index in [1.165, 1.54) is 17.5 Å². The Kier molecular flexibility index (Phi) is 4.77. The van der Waals surface area contributed by atoms with Gasteiger partial charge in [0.15, 0.2) is 6.61 Å². The molecule has 1 amide bonds. The van der Waals surface area contributed by atoms with Crippen molar-refractivity contribution < 1.29 is 14.3 Å². The molecule has 1 N–H and O–H groups in total. The minimum atomic E-state index is -0.359. The van der Waals surface area contributed by atoms with E-state index < -0.39 is 0 Å². The van der Waals surface area contributed by atoms with Crippen LogP contribution in [0.5, 0.6) is 0 Å². The van der Waals surface area contributed by atoms with Gasteiger partial charge in [0.1, 0.15) is 0 Å². The molecule has 0 fully saturated rings. The van der Waals surface area contributed by atoms with Crippen LogP contribution < -0.4 is 5.32 Å². The lowest BCUT2D eigenvalue weighted by molar-refractivity contribution is -0.148. The van der Waals surface area contributed by atoms with E-state index in [1.54, 1.807) is 0 Å². The van der Waals surface area contributed by atoms with Gasteiger partial charge in [-0.2, -0.15) is 0 Å². The van der Waals surface area contributed by atoms with Gasteiger partial charge in [0.25, 0.3) is 5.91 Å². The number of esters is 1. The minimum absolute atomic E-state index is 0.0536. The van der Waals surface area contributed by atoms with Gasteiger partial charge in [0.2, 0.25) is 0 Å². The molecule has 0 heterocycles. The number of aryl methyl sites for hydroxylation is 2. The van der Waals surface area contributed by atoms with Gasteiger partial charge in [-0.1, -0.05) is 18.2 Å². The zero-order valence-corrected chi connectivity index (χ0v) is 12.1. The second kappa shape index (κ2) is 6.55. The van der Waals surface area contributed by atoms with E-state index in [2.05, 4.69) is 17.4 Å². The predicted octanol–water partition coefficient (Wildman–Crippen LogP) is 1.79. The van der Waals surface area contributed by atoms with Crippen LogP contribution in [0, 0.1) is 0 Å². The molecule has 4 nitrogen and oxygen atoms in total. The molecule has 0 atom stereocenters. The van der Waals surface area contributed by atoms with E-state index in [0.717, 1.165) is 18.4 Å². The summed E-state index contributed by atoms with van der Waals surface area (Å²) in [5.74, 6) is -0.621. The number of nitrogens with one attached hydrogen (secondary N) is 1. The van der Waals surface area contributed by atoms with Crippen molar-refractivity contribution in [1.29, 1.82) is 0 Å². The summed E-state index contributed by atoms with van der Waals surface area (Å²) in [6.07, 6.45) is 3.64. The Morgan fingerprint density at radius 3 is 2.75 bits per heavy atom. The summed E-state index contributed by atoms with van der Waals surface area (Å²) in [6.45, 7) is 3.52. The molecular formula is C16H21NO3. The van der Waals surface area contributed by atoms with E-state index in [9.17, 15) is 9.59 Å². The number of carbonyl (C=O) groups is 2. The third-order valence-corrected chi connectivity index (χ3v) is 3.33. The average Bonchev–Trinajstić information content (AvgIpc) is 2.83. The first-order chi connectivity index (χ1) is 9.54. The smallest absolute Gasteiger partial charge is 0.310 e. The first-order valence-electron chi connectivity index (χ1n) is 7.10. The topological polar surface area (TPSA) is 55.4 Å². The number of amides is 1. The molecular weight excluding hydrogens is 254 g/mol. The predicted molar refractivity (Wildman–Crippen MR) is 76.4 cm³/mol. The Bertz CT molecular complexity index is 508. The first-order valence-corrected chi connectivity index (χ1v) is 7.10. The van der Waals surface area contributed by atoms with Crippen molar-refractivity contribution in [3.05, 3.63) is 34.9 Å². The lowest BCUT2D eigenvalue weighted by Gasteiger charge is -2.09. The molecule has 4 heteroatoms. The van der Waals surface area contributed by atoms with Crippen molar-refractivity contribution in [3.63, 3.8) is 0 Å². The summed E-state index contributed by atoms with van der Waals surface area (Å²) >= 11 is 0. The third-order valence-electron chi connectivity index (χ3n) is 3.33. The van der Waals surface area contributed by atoms with Gasteiger partial charge in [-0.3, -0.25) is 9.59 Å². The van der Waals surface area contributed by atoms with Crippen LogP contribution in [0.2, 0.25) is 0 Å². The number of carbonyl (C=O) groups excluding carboxylic acids is 2. The van der Waals surface area contributed by atoms with Crippen molar-refractivity contribution in [1.82, 2.24) is 5.32 Å². The largest absolute Gasteiger partial charge is 0.455 e. The van der Waals surface area contributed by atoms with Gasteiger partial charge in [0, 0.05) is 6.04 Å². The van der Waals surface area contributed by atoms with E-state index in [-0.39, 0.29) is 30.9 Å². The summed E-state index contributed by atoms with van der Waals surface area (Å²) in [6, 6.07) is 6.20. The van der Waals surface area contributed by atoms with E-state index in [4.69, 9.17) is 4.74 Å². The molecule has 1 aliphatic rings. The molecule has 108 valence electrons. The normalized spacial score (nSPS) is 13.2. The highest BCUT2D eigenvalue weighted by Crippen LogP contribution is 2.23. The van der Waals surface area contributed by atoms with Crippen molar-refractivity contribution in [2.45, 2.75) is 45.6 Å². The Hall–Kier alpha value is -1.84. The van der Waals surface area contributed by atoms with Crippen LogP contribution in [0.1, 0.15) is 37.0 Å². The molecule has 0 bridgehead atoms. The van der Waals surface area contributed by atoms with Gasteiger partial charge >= 0.3 is 5.97 Å². The summed E-state index contributed by atoms with van der Waals surface area (Å²) < 4.78 is 4.98. The Balaban J connectivity index is 1.81. The number of ether oxygens (including phenoxy) is 1. The molecule has 1 aliphatic carbocycles. The maximum atomic E-state index is 11.7. The SMILES string of the molecule is CC(C)NC(=O)COC(=O)Cc1ccc2c(c1)CCC2. The van der Waals surface area contributed by atoms with Crippen LogP contribution in [-0.4, -0.2) is 24.5 Å². The molecule has 0 spiro atoms. The molecule has 0 saturated carbocycles. The molecule has 1 aromatic carbocycles. The van der Waals surface area contributed by atoms with Crippen molar-refractivity contribution in [2.24, 2.45) is 0 Å². The number of fused-ring (bicyclic) bond motifs is 1. The van der Waals surface area contributed by atoms with Gasteiger partial charge in [-0.15, -0.1) is 0 Å². The molecule has 0 unspecified atom stereocenters. The van der Waals surface area contributed by atoms with E-state index in [1.807, 2.05) is 19.9 Å². The standard InChI is InChI=1S/C16H21NO3/c1-11(2)17-15(18)10-20-16(19)9-12-6-7-13-4-3-5-14(13)8-12/h6-8,11H,3-5,9-10H2,1-2H3,(H,17,18). The maximum absolute atomic E-state index is 11.7. The van der Waals surface area contributed by atoms with Crippen LogP contribution in [-0.2, 0) is 33.6 Å². The summed E-state index contributed by atoms with van der Waals surface area (Å²) in [5, 5.41) is 2.68. The minimum Gasteiger partial charge on any atom is -0.455 e. The Morgan fingerprint density at radius 1 is 1.25 bits per heavy atom. The van der Waals surface area contributed by atoms with Crippen LogP contribution in [0.4, 0.5) is 0 Å². The summed E-state index contributed by atoms with van der Waals surface area (Å²) in [7, 11) is 0. The molecule has 0 radical (unpaired) electrons. The van der Waals surface area contributed by atoms with Crippen molar-refractivity contribution in [3.8, 4) is 0 Å². The lowest BCUT2D eigenvalue weighted by atomic mass is 10.0. The van der Waals surface area contributed by atoms with E-state index >= 15 is 0 Å². The number of rotatable bonds is 5. The second-order valence-corrected chi connectivity index (χ2v) is 5.52. The first kappa shape index (κ1) is 14.6. The van der Waals surface area contributed by atoms with Crippen molar-refractivity contribution in [2.75, 3.05) is 6.61 Å². The van der Waals surface area contributed by atoms with Crippen LogP contribution in [0.25, 0.3) is 0 Å². The molecule has 0 aromatic heterocycles. The number of hydrogen-bond acceptors (Lipinski definition) is 3. The van der Waals surface area contributed by atoms with Gasteiger partial charge < -0.3 is 10.1 Å². The average molecular weight is 275 g/mol. The van der Waals surface area contributed by atoms with Crippen LogP contribution >= 0.6 is 0 Å². The van der Waals surface area contributed by atoms with Gasteiger partial charge in [-0.05, 0) is 49.8 Å².